The molecule has 0 bridgehead atoms. The summed E-state index contributed by atoms with van der Waals surface area (Å²) in [5.41, 5.74) is 12.7. The number of hydrogen-bond donors (Lipinski definition) is 0. The van der Waals surface area contributed by atoms with Gasteiger partial charge in [0.15, 0.2) is 17.5 Å². The zero-order valence-electron chi connectivity index (χ0n) is 31.5. The second kappa shape index (κ2) is 12.9. The number of nitrogens with zero attached hydrogens (tertiary/aromatic N) is 4. The van der Waals surface area contributed by atoms with Gasteiger partial charge in [-0.15, -0.1) is 0 Å². The van der Waals surface area contributed by atoms with Gasteiger partial charge in [0.25, 0.3) is 0 Å². The number of furan rings is 1. The van der Waals surface area contributed by atoms with E-state index >= 15 is 0 Å². The van der Waals surface area contributed by atoms with Crippen molar-refractivity contribution in [2.24, 2.45) is 0 Å². The summed E-state index contributed by atoms with van der Waals surface area (Å²) in [5.74, 6) is 1.87. The van der Waals surface area contributed by atoms with Crippen LogP contribution in [0.4, 0.5) is 17.1 Å². The Balaban J connectivity index is 1.16. The molecule has 57 heavy (non-hydrogen) atoms. The highest BCUT2D eigenvalue weighted by molar-refractivity contribution is 6.22. The van der Waals surface area contributed by atoms with Crippen LogP contribution in [0.5, 0.6) is 0 Å². The van der Waals surface area contributed by atoms with Gasteiger partial charge in [0, 0.05) is 44.3 Å². The summed E-state index contributed by atoms with van der Waals surface area (Å²) in [6, 6.07) is 63.7. The highest BCUT2D eigenvalue weighted by atomic mass is 16.3. The SMILES string of the molecule is CC1(C)c2ccccc2-c2ccc(N(c3ccccc3)c3cc4cc(-c5nc(-c6ccccc6)nc(-c6ccccc6)n5)ccc4c4oc5ccccc5c34)cc21. The summed E-state index contributed by atoms with van der Waals surface area (Å²) >= 11 is 0. The molecule has 2 aromatic heterocycles. The predicted molar refractivity (Wildman–Crippen MR) is 233 cm³/mol. The molecule has 1 aliphatic rings. The van der Waals surface area contributed by atoms with Crippen molar-refractivity contribution in [1.82, 2.24) is 15.0 Å². The number of hydrogen-bond acceptors (Lipinski definition) is 5. The maximum Gasteiger partial charge on any atom is 0.164 e. The van der Waals surface area contributed by atoms with Crippen LogP contribution in [-0.2, 0) is 5.41 Å². The average molecular weight is 733 g/mol. The zero-order valence-corrected chi connectivity index (χ0v) is 31.5. The second-order valence-electron chi connectivity index (χ2n) is 15.2. The first-order valence-corrected chi connectivity index (χ1v) is 19.4. The van der Waals surface area contributed by atoms with Gasteiger partial charge in [-0.05, 0) is 76.2 Å². The Labute approximate surface area is 330 Å². The topological polar surface area (TPSA) is 55.1 Å². The first-order chi connectivity index (χ1) is 28.0. The molecule has 0 N–H and O–H groups in total. The Morgan fingerprint density at radius 3 is 1.77 bits per heavy atom. The molecule has 0 unspecified atom stereocenters. The van der Waals surface area contributed by atoms with Crippen LogP contribution in [0.1, 0.15) is 25.0 Å². The minimum atomic E-state index is -0.151. The van der Waals surface area contributed by atoms with Crippen molar-refractivity contribution in [1.29, 1.82) is 0 Å². The van der Waals surface area contributed by atoms with Crippen molar-refractivity contribution in [2.75, 3.05) is 4.90 Å². The van der Waals surface area contributed by atoms with Crippen molar-refractivity contribution < 1.29 is 4.42 Å². The van der Waals surface area contributed by atoms with Crippen LogP contribution in [0.25, 0.3) is 78.0 Å². The third-order valence-corrected chi connectivity index (χ3v) is 11.5. The molecule has 0 amide bonds. The Morgan fingerprint density at radius 1 is 0.456 bits per heavy atom. The summed E-state index contributed by atoms with van der Waals surface area (Å²) in [5, 5.41) is 4.18. The van der Waals surface area contributed by atoms with E-state index in [0.717, 1.165) is 66.5 Å². The van der Waals surface area contributed by atoms with Crippen LogP contribution in [0, 0.1) is 0 Å². The fourth-order valence-electron chi connectivity index (χ4n) is 8.69. The molecule has 10 aromatic rings. The van der Waals surface area contributed by atoms with E-state index in [2.05, 4.69) is 134 Å². The van der Waals surface area contributed by atoms with E-state index in [1.165, 1.54) is 22.3 Å². The quantitative estimate of drug-likeness (QED) is 0.170. The van der Waals surface area contributed by atoms with Crippen LogP contribution in [0.2, 0.25) is 0 Å². The molecule has 0 saturated carbocycles. The molecule has 5 nitrogen and oxygen atoms in total. The number of anilines is 3. The van der Waals surface area contributed by atoms with Gasteiger partial charge in [0.1, 0.15) is 11.2 Å². The largest absolute Gasteiger partial charge is 0.455 e. The zero-order chi connectivity index (χ0) is 38.1. The van der Waals surface area contributed by atoms with Crippen LogP contribution < -0.4 is 4.90 Å². The summed E-state index contributed by atoms with van der Waals surface area (Å²) in [6.45, 7) is 4.67. The molecular weight excluding hydrogens is 697 g/mol. The molecule has 5 heteroatoms. The van der Waals surface area contributed by atoms with Gasteiger partial charge < -0.3 is 9.32 Å². The Kier molecular flexibility index (Phi) is 7.45. The summed E-state index contributed by atoms with van der Waals surface area (Å²) in [7, 11) is 0. The molecule has 11 rings (SSSR count). The number of benzene rings is 8. The lowest BCUT2D eigenvalue weighted by atomic mass is 9.82. The Bertz CT molecular complexity index is 3100. The van der Waals surface area contributed by atoms with E-state index in [0.29, 0.717) is 17.5 Å². The minimum Gasteiger partial charge on any atom is -0.455 e. The lowest BCUT2D eigenvalue weighted by Gasteiger charge is -2.29. The van der Waals surface area contributed by atoms with Gasteiger partial charge >= 0.3 is 0 Å². The van der Waals surface area contributed by atoms with Crippen molar-refractivity contribution >= 4 is 49.8 Å². The molecule has 0 fully saturated rings. The molecule has 0 aliphatic heterocycles. The fourth-order valence-corrected chi connectivity index (χ4v) is 8.69. The van der Waals surface area contributed by atoms with E-state index in [-0.39, 0.29) is 5.41 Å². The van der Waals surface area contributed by atoms with Gasteiger partial charge in [-0.3, -0.25) is 0 Å². The van der Waals surface area contributed by atoms with Crippen molar-refractivity contribution in [3.8, 4) is 45.3 Å². The number of aromatic nitrogens is 3. The molecule has 2 heterocycles. The maximum atomic E-state index is 6.81. The highest BCUT2D eigenvalue weighted by Crippen LogP contribution is 2.52. The van der Waals surface area contributed by atoms with Crippen molar-refractivity contribution in [2.45, 2.75) is 19.3 Å². The van der Waals surface area contributed by atoms with Gasteiger partial charge in [-0.2, -0.15) is 0 Å². The standard InChI is InChI=1S/C52H36N4O/c1-52(2)43-24-14-12-22-40(43)41-29-27-38(32-44(41)52)56(37-20-10-5-11-21-37)45-31-36-30-35(26-28-39(36)48-47(45)42-23-13-15-25-46(42)57-48)51-54-49(33-16-6-3-7-17-33)53-50(55-51)34-18-8-4-9-19-34/h3-32H,1-2H3. The van der Waals surface area contributed by atoms with Crippen LogP contribution in [-0.4, -0.2) is 15.0 Å². The predicted octanol–water partition coefficient (Wildman–Crippen LogP) is 13.7. The molecule has 0 spiro atoms. The minimum absolute atomic E-state index is 0.151. The second-order valence-corrected chi connectivity index (χ2v) is 15.2. The van der Waals surface area contributed by atoms with E-state index < -0.39 is 0 Å². The molecule has 0 saturated heterocycles. The van der Waals surface area contributed by atoms with E-state index in [1.807, 2.05) is 66.7 Å². The van der Waals surface area contributed by atoms with Crippen LogP contribution in [0.3, 0.4) is 0 Å². The first kappa shape index (κ1) is 33.0. The molecule has 0 radical (unpaired) electrons. The summed E-state index contributed by atoms with van der Waals surface area (Å²) in [6.07, 6.45) is 0. The van der Waals surface area contributed by atoms with Gasteiger partial charge in [0.2, 0.25) is 0 Å². The number of para-hydroxylation sites is 2. The van der Waals surface area contributed by atoms with Gasteiger partial charge in [0.05, 0.1) is 11.1 Å². The smallest absolute Gasteiger partial charge is 0.164 e. The molecule has 8 aromatic carbocycles. The lowest BCUT2D eigenvalue weighted by Crippen LogP contribution is -2.16. The molecular formula is C52H36N4O. The highest BCUT2D eigenvalue weighted by Gasteiger charge is 2.36. The Hall–Kier alpha value is -7.37. The molecule has 1 aliphatic carbocycles. The van der Waals surface area contributed by atoms with E-state index in [4.69, 9.17) is 19.4 Å². The first-order valence-electron chi connectivity index (χ1n) is 19.4. The normalized spacial score (nSPS) is 12.9. The van der Waals surface area contributed by atoms with E-state index in [1.54, 1.807) is 0 Å². The lowest BCUT2D eigenvalue weighted by molar-refractivity contribution is 0.660. The maximum absolute atomic E-state index is 6.81. The van der Waals surface area contributed by atoms with E-state index in [9.17, 15) is 0 Å². The number of rotatable bonds is 6. The van der Waals surface area contributed by atoms with Crippen molar-refractivity contribution in [3.05, 3.63) is 193 Å². The van der Waals surface area contributed by atoms with Gasteiger partial charge in [-0.1, -0.05) is 147 Å². The summed E-state index contributed by atoms with van der Waals surface area (Å²) in [4.78, 5) is 17.5. The fraction of sp³-hybridized carbons (Fsp3) is 0.0577. The average Bonchev–Trinajstić information content (AvgIpc) is 3.77. The third kappa shape index (κ3) is 5.35. The van der Waals surface area contributed by atoms with Crippen LogP contribution >= 0.6 is 0 Å². The Morgan fingerprint density at radius 2 is 1.05 bits per heavy atom. The molecule has 270 valence electrons. The monoisotopic (exact) mass is 732 g/mol. The third-order valence-electron chi connectivity index (χ3n) is 11.5. The molecule has 0 atom stereocenters. The van der Waals surface area contributed by atoms with Crippen molar-refractivity contribution in [3.63, 3.8) is 0 Å². The van der Waals surface area contributed by atoms with Crippen LogP contribution in [0.15, 0.2) is 186 Å². The number of fused-ring (bicyclic) bond motifs is 8. The van der Waals surface area contributed by atoms with Gasteiger partial charge in [-0.25, -0.2) is 15.0 Å². The summed E-state index contributed by atoms with van der Waals surface area (Å²) < 4.78 is 6.81.